The fraction of sp³-hybridized carbons (Fsp3) is 0.294. The van der Waals surface area contributed by atoms with Crippen molar-refractivity contribution in [2.24, 2.45) is 0 Å². The van der Waals surface area contributed by atoms with E-state index >= 15 is 0 Å². The average Bonchev–Trinajstić information content (AvgIpc) is 2.42. The Hall–Kier alpha value is -1.96. The first-order valence-electron chi connectivity index (χ1n) is 6.65. The molecule has 2 heteroatoms. The average molecular weight is 255 g/mol. The van der Waals surface area contributed by atoms with Gasteiger partial charge in [-0.1, -0.05) is 32.9 Å². The molecule has 0 saturated carbocycles. The van der Waals surface area contributed by atoms with E-state index in [4.69, 9.17) is 10.5 Å². The van der Waals surface area contributed by atoms with Crippen LogP contribution in [0, 0.1) is 0 Å². The van der Waals surface area contributed by atoms with Crippen molar-refractivity contribution in [1.29, 1.82) is 0 Å². The molecule has 0 unspecified atom stereocenters. The highest BCUT2D eigenvalue weighted by atomic mass is 16.5. The molecular formula is C17H21NO. The molecule has 0 fully saturated rings. The van der Waals surface area contributed by atoms with E-state index in [1.165, 1.54) is 5.56 Å². The lowest BCUT2D eigenvalue weighted by Gasteiger charge is -2.23. The van der Waals surface area contributed by atoms with Crippen LogP contribution in [0.1, 0.15) is 32.8 Å². The molecular weight excluding hydrogens is 234 g/mol. The second kappa shape index (κ2) is 5.35. The Balaban J connectivity index is 2.13. The van der Waals surface area contributed by atoms with Crippen molar-refractivity contribution in [2.75, 3.05) is 5.73 Å². The summed E-state index contributed by atoms with van der Waals surface area (Å²) in [6, 6.07) is 15.7. The second-order valence-electron chi connectivity index (χ2n) is 5.43. The van der Waals surface area contributed by atoms with E-state index in [0.717, 1.165) is 23.6 Å². The molecule has 0 aliphatic heterocycles. The lowest BCUT2D eigenvalue weighted by molar-refractivity contribution is 0.478. The quantitative estimate of drug-likeness (QED) is 0.800. The smallest absolute Gasteiger partial charge is 0.127 e. The van der Waals surface area contributed by atoms with Gasteiger partial charge in [-0.25, -0.2) is 0 Å². The van der Waals surface area contributed by atoms with Crippen LogP contribution in [0.2, 0.25) is 0 Å². The van der Waals surface area contributed by atoms with E-state index in [0.29, 0.717) is 0 Å². The van der Waals surface area contributed by atoms with Crippen molar-refractivity contribution in [3.8, 4) is 11.5 Å². The Morgan fingerprint density at radius 2 is 1.37 bits per heavy atom. The molecule has 0 aromatic heterocycles. The predicted molar refractivity (Wildman–Crippen MR) is 80.7 cm³/mol. The number of hydrogen-bond acceptors (Lipinski definition) is 2. The Morgan fingerprint density at radius 1 is 0.895 bits per heavy atom. The lowest BCUT2D eigenvalue weighted by Crippen LogP contribution is -2.14. The zero-order valence-corrected chi connectivity index (χ0v) is 11.8. The minimum Gasteiger partial charge on any atom is -0.457 e. The van der Waals surface area contributed by atoms with Crippen molar-refractivity contribution in [2.45, 2.75) is 32.6 Å². The summed E-state index contributed by atoms with van der Waals surface area (Å²) in [5, 5.41) is 0. The Bertz CT molecular complexity index is 526. The van der Waals surface area contributed by atoms with Gasteiger partial charge in [0.2, 0.25) is 0 Å². The third-order valence-electron chi connectivity index (χ3n) is 3.64. The monoisotopic (exact) mass is 255 g/mol. The second-order valence-corrected chi connectivity index (χ2v) is 5.43. The highest BCUT2D eigenvalue weighted by Gasteiger charge is 2.17. The van der Waals surface area contributed by atoms with Crippen molar-refractivity contribution in [3.05, 3.63) is 54.1 Å². The van der Waals surface area contributed by atoms with Gasteiger partial charge < -0.3 is 10.5 Å². The molecule has 100 valence electrons. The summed E-state index contributed by atoms with van der Waals surface area (Å²) in [5.74, 6) is 1.65. The van der Waals surface area contributed by atoms with Gasteiger partial charge in [0.1, 0.15) is 11.5 Å². The van der Waals surface area contributed by atoms with Crippen LogP contribution < -0.4 is 10.5 Å². The van der Waals surface area contributed by atoms with Gasteiger partial charge in [0.15, 0.2) is 0 Å². The Labute approximate surface area is 115 Å². The highest BCUT2D eigenvalue weighted by molar-refractivity contribution is 5.43. The van der Waals surface area contributed by atoms with Gasteiger partial charge in [-0.2, -0.15) is 0 Å². The first-order valence-corrected chi connectivity index (χ1v) is 6.65. The molecule has 2 nitrogen and oxygen atoms in total. The van der Waals surface area contributed by atoms with Crippen molar-refractivity contribution < 1.29 is 4.74 Å². The van der Waals surface area contributed by atoms with E-state index in [1.807, 2.05) is 36.4 Å². The summed E-state index contributed by atoms with van der Waals surface area (Å²) >= 11 is 0. The maximum Gasteiger partial charge on any atom is 0.127 e. The predicted octanol–water partition coefficient (Wildman–Crippen LogP) is 4.75. The standard InChI is InChI=1S/C17H21NO/c1-4-17(2,3)13-5-9-15(10-6-13)19-16-11-7-14(18)8-12-16/h5-12H,4,18H2,1-3H3. The zero-order chi connectivity index (χ0) is 13.9. The molecule has 0 bridgehead atoms. The summed E-state index contributed by atoms with van der Waals surface area (Å²) in [6.07, 6.45) is 1.12. The first kappa shape index (κ1) is 13.5. The lowest BCUT2D eigenvalue weighted by atomic mass is 9.82. The molecule has 0 spiro atoms. The molecule has 2 aromatic carbocycles. The number of hydrogen-bond donors (Lipinski definition) is 1. The Morgan fingerprint density at radius 3 is 1.84 bits per heavy atom. The molecule has 0 radical (unpaired) electrons. The van der Waals surface area contributed by atoms with Crippen LogP contribution >= 0.6 is 0 Å². The van der Waals surface area contributed by atoms with E-state index < -0.39 is 0 Å². The Kier molecular flexibility index (Phi) is 3.79. The highest BCUT2D eigenvalue weighted by Crippen LogP contribution is 2.29. The summed E-state index contributed by atoms with van der Waals surface area (Å²) < 4.78 is 5.78. The van der Waals surface area contributed by atoms with Gasteiger partial charge in [0, 0.05) is 5.69 Å². The fourth-order valence-electron chi connectivity index (χ4n) is 1.85. The molecule has 0 aliphatic carbocycles. The SMILES string of the molecule is CCC(C)(C)c1ccc(Oc2ccc(N)cc2)cc1. The van der Waals surface area contributed by atoms with Crippen LogP contribution in [0.15, 0.2) is 48.5 Å². The number of nitrogens with two attached hydrogens (primary N) is 1. The molecule has 19 heavy (non-hydrogen) atoms. The molecule has 0 amide bonds. The summed E-state index contributed by atoms with van der Waals surface area (Å²) in [7, 11) is 0. The van der Waals surface area contributed by atoms with Crippen molar-refractivity contribution in [3.63, 3.8) is 0 Å². The van der Waals surface area contributed by atoms with Crippen LogP contribution in [0.4, 0.5) is 5.69 Å². The van der Waals surface area contributed by atoms with E-state index in [2.05, 4.69) is 32.9 Å². The zero-order valence-electron chi connectivity index (χ0n) is 11.8. The summed E-state index contributed by atoms with van der Waals surface area (Å²) in [6.45, 7) is 6.71. The van der Waals surface area contributed by atoms with Gasteiger partial charge in [0.05, 0.1) is 0 Å². The number of nitrogen functional groups attached to an aromatic ring is 1. The molecule has 0 atom stereocenters. The normalized spacial score (nSPS) is 11.3. The van der Waals surface area contributed by atoms with Gasteiger partial charge in [-0.3, -0.25) is 0 Å². The van der Waals surface area contributed by atoms with Crippen molar-refractivity contribution in [1.82, 2.24) is 0 Å². The van der Waals surface area contributed by atoms with E-state index in [-0.39, 0.29) is 5.41 Å². The maximum atomic E-state index is 5.78. The third-order valence-corrected chi connectivity index (χ3v) is 3.64. The molecule has 2 rings (SSSR count). The molecule has 0 saturated heterocycles. The van der Waals surface area contributed by atoms with Crippen molar-refractivity contribution >= 4 is 5.69 Å². The minimum atomic E-state index is 0.208. The largest absolute Gasteiger partial charge is 0.457 e. The van der Waals surface area contributed by atoms with Gasteiger partial charge in [-0.05, 0) is 53.8 Å². The molecule has 0 heterocycles. The van der Waals surface area contributed by atoms with Crippen LogP contribution in [0.3, 0.4) is 0 Å². The minimum absolute atomic E-state index is 0.208. The van der Waals surface area contributed by atoms with Crippen LogP contribution in [-0.4, -0.2) is 0 Å². The van der Waals surface area contributed by atoms with E-state index in [1.54, 1.807) is 0 Å². The van der Waals surface area contributed by atoms with Crippen LogP contribution in [0.5, 0.6) is 11.5 Å². The van der Waals surface area contributed by atoms with E-state index in [9.17, 15) is 0 Å². The van der Waals surface area contributed by atoms with Gasteiger partial charge >= 0.3 is 0 Å². The number of anilines is 1. The fourth-order valence-corrected chi connectivity index (χ4v) is 1.85. The molecule has 2 N–H and O–H groups in total. The third kappa shape index (κ3) is 3.28. The first-order chi connectivity index (χ1) is 9.01. The van der Waals surface area contributed by atoms with Crippen LogP contribution in [-0.2, 0) is 5.41 Å². The maximum absolute atomic E-state index is 5.78. The number of rotatable bonds is 4. The number of ether oxygens (including phenoxy) is 1. The topological polar surface area (TPSA) is 35.2 Å². The summed E-state index contributed by atoms with van der Waals surface area (Å²) in [4.78, 5) is 0. The molecule has 0 aliphatic rings. The van der Waals surface area contributed by atoms with Gasteiger partial charge in [-0.15, -0.1) is 0 Å². The van der Waals surface area contributed by atoms with Crippen LogP contribution in [0.25, 0.3) is 0 Å². The summed E-state index contributed by atoms with van der Waals surface area (Å²) in [5.41, 5.74) is 7.93. The molecule has 2 aromatic rings. The van der Waals surface area contributed by atoms with Gasteiger partial charge in [0.25, 0.3) is 0 Å². The number of benzene rings is 2.